The minimum absolute atomic E-state index is 0.116. The highest BCUT2D eigenvalue weighted by molar-refractivity contribution is 5.80. The monoisotopic (exact) mass is 766 g/mol. The molecule has 9 nitrogen and oxygen atoms in total. The molecule has 1 N–H and O–H groups in total. The van der Waals surface area contributed by atoms with Crippen molar-refractivity contribution in [2.45, 2.75) is 177 Å². The van der Waals surface area contributed by atoms with Crippen molar-refractivity contribution in [3.05, 3.63) is 0 Å². The van der Waals surface area contributed by atoms with Gasteiger partial charge in [-0.1, -0.05) is 40.0 Å². The van der Waals surface area contributed by atoms with Crippen molar-refractivity contribution >= 4 is 23.9 Å². The van der Waals surface area contributed by atoms with Gasteiger partial charge >= 0.3 is 36.2 Å². The number of rotatable bonds is 13. The fourth-order valence-corrected chi connectivity index (χ4v) is 4.08. The summed E-state index contributed by atoms with van der Waals surface area (Å²) in [5, 5.41) is 9.81. The van der Waals surface area contributed by atoms with Crippen LogP contribution in [0, 0.1) is 22.2 Å². The van der Waals surface area contributed by atoms with E-state index in [1.807, 2.05) is 13.8 Å². The standard InChI is InChI=1S/C17H29F3O3.C12H22O4.C8H13F3O2/c1-5-15(2,3)14(21)23-13(12-9-7-6-8-10-12)11-16(4,22)17(18,19)20;1-7-12(5,6)10(14)15-8-9(13)16-11(2,3)4;1-4-7(2,3)6(12)13-5-8(9,10)11/h12-13,22H,5-11H2,1-4H3;7-8H2,1-6H3;4-5H2,1-3H3. The molecule has 15 heteroatoms. The van der Waals surface area contributed by atoms with E-state index in [1.54, 1.807) is 69.2 Å². The Morgan fingerprint density at radius 2 is 1.06 bits per heavy atom. The summed E-state index contributed by atoms with van der Waals surface area (Å²) in [5.41, 5.74) is -5.54. The molecule has 0 heterocycles. The normalized spacial score (nSPS) is 16.5. The third-order valence-electron chi connectivity index (χ3n) is 9.06. The van der Waals surface area contributed by atoms with Crippen molar-refractivity contribution in [1.29, 1.82) is 0 Å². The van der Waals surface area contributed by atoms with Gasteiger partial charge in [-0.3, -0.25) is 14.4 Å². The smallest absolute Gasteiger partial charge is 0.422 e. The zero-order valence-corrected chi connectivity index (χ0v) is 33.4. The van der Waals surface area contributed by atoms with Crippen LogP contribution in [0.2, 0.25) is 0 Å². The topological polar surface area (TPSA) is 125 Å². The minimum Gasteiger partial charge on any atom is -0.462 e. The Morgan fingerprint density at radius 1 is 0.654 bits per heavy atom. The Morgan fingerprint density at radius 3 is 1.42 bits per heavy atom. The van der Waals surface area contributed by atoms with Gasteiger partial charge in [-0.05, 0) is 107 Å². The van der Waals surface area contributed by atoms with Crippen LogP contribution in [0.3, 0.4) is 0 Å². The van der Waals surface area contributed by atoms with Crippen molar-refractivity contribution in [1.82, 2.24) is 0 Å². The van der Waals surface area contributed by atoms with E-state index >= 15 is 0 Å². The lowest BCUT2D eigenvalue weighted by Crippen LogP contribution is -2.48. The van der Waals surface area contributed by atoms with E-state index in [0.29, 0.717) is 19.3 Å². The molecule has 0 aliphatic heterocycles. The lowest BCUT2D eigenvalue weighted by molar-refractivity contribution is -0.264. The van der Waals surface area contributed by atoms with Crippen LogP contribution in [0.1, 0.15) is 148 Å². The summed E-state index contributed by atoms with van der Waals surface area (Å²) in [7, 11) is 0. The molecule has 2 atom stereocenters. The second kappa shape index (κ2) is 20.8. The molecule has 308 valence electrons. The zero-order chi connectivity index (χ0) is 41.6. The van der Waals surface area contributed by atoms with Crippen molar-refractivity contribution in [3.63, 3.8) is 0 Å². The van der Waals surface area contributed by atoms with Gasteiger partial charge in [0.1, 0.15) is 11.7 Å². The second-order valence-electron chi connectivity index (χ2n) is 16.4. The third kappa shape index (κ3) is 20.6. The van der Waals surface area contributed by atoms with Crippen LogP contribution in [0.25, 0.3) is 0 Å². The highest BCUT2D eigenvalue weighted by Gasteiger charge is 2.52. The number of halogens is 6. The molecular formula is C37H64F6O9. The molecular weight excluding hydrogens is 702 g/mol. The van der Waals surface area contributed by atoms with Crippen LogP contribution >= 0.6 is 0 Å². The Labute approximate surface area is 306 Å². The maximum atomic E-state index is 13.0. The maximum Gasteiger partial charge on any atom is 0.422 e. The maximum absolute atomic E-state index is 13.0. The van der Waals surface area contributed by atoms with Gasteiger partial charge in [0.2, 0.25) is 0 Å². The van der Waals surface area contributed by atoms with Gasteiger partial charge in [0, 0.05) is 6.42 Å². The van der Waals surface area contributed by atoms with Gasteiger partial charge in [0.25, 0.3) is 0 Å². The van der Waals surface area contributed by atoms with Crippen LogP contribution < -0.4 is 0 Å². The van der Waals surface area contributed by atoms with Gasteiger partial charge in [-0.2, -0.15) is 26.3 Å². The van der Waals surface area contributed by atoms with E-state index < -0.39 is 76.8 Å². The number of alkyl halides is 6. The molecule has 1 aliphatic rings. The highest BCUT2D eigenvalue weighted by atomic mass is 19.4. The number of esters is 4. The molecule has 0 saturated heterocycles. The number of hydrogen-bond donors (Lipinski definition) is 1. The van der Waals surface area contributed by atoms with E-state index in [9.17, 15) is 50.6 Å². The molecule has 0 aromatic heterocycles. The van der Waals surface area contributed by atoms with Gasteiger partial charge in [0.15, 0.2) is 18.8 Å². The van der Waals surface area contributed by atoms with Gasteiger partial charge in [0.05, 0.1) is 16.2 Å². The lowest BCUT2D eigenvalue weighted by atomic mass is 9.80. The minimum atomic E-state index is -4.74. The molecule has 1 rings (SSSR count). The first kappa shape index (κ1) is 51.5. The van der Waals surface area contributed by atoms with E-state index in [1.165, 1.54) is 0 Å². The van der Waals surface area contributed by atoms with Crippen LogP contribution in [-0.4, -0.2) is 71.9 Å². The van der Waals surface area contributed by atoms with Gasteiger partial charge < -0.3 is 24.1 Å². The molecule has 0 radical (unpaired) electrons. The van der Waals surface area contributed by atoms with Crippen molar-refractivity contribution in [2.24, 2.45) is 22.2 Å². The molecule has 0 bridgehead atoms. The molecule has 0 aromatic rings. The first-order chi connectivity index (χ1) is 23.2. The summed E-state index contributed by atoms with van der Waals surface area (Å²) < 4.78 is 93.4. The van der Waals surface area contributed by atoms with E-state index in [2.05, 4.69) is 4.74 Å². The fraction of sp³-hybridized carbons (Fsp3) is 0.892. The van der Waals surface area contributed by atoms with Crippen molar-refractivity contribution < 1.29 is 69.6 Å². The number of carbonyl (C=O) groups is 4. The highest BCUT2D eigenvalue weighted by Crippen LogP contribution is 2.39. The number of carbonyl (C=O) groups excluding carboxylic acids is 4. The first-order valence-corrected chi connectivity index (χ1v) is 17.8. The molecule has 1 fully saturated rings. The predicted octanol–water partition coefficient (Wildman–Crippen LogP) is 9.45. The lowest BCUT2D eigenvalue weighted by Gasteiger charge is -2.37. The summed E-state index contributed by atoms with van der Waals surface area (Å²) in [4.78, 5) is 46.1. The third-order valence-corrected chi connectivity index (χ3v) is 9.06. The molecule has 1 aliphatic carbocycles. The Kier molecular flexibility index (Phi) is 20.6. The summed E-state index contributed by atoms with van der Waals surface area (Å²) in [6.45, 7) is 19.8. The van der Waals surface area contributed by atoms with Crippen molar-refractivity contribution in [2.75, 3.05) is 13.2 Å². The number of hydrogen-bond acceptors (Lipinski definition) is 9. The van der Waals surface area contributed by atoms with Crippen LogP contribution in [-0.2, 0) is 38.1 Å². The molecule has 0 aromatic carbocycles. The summed E-state index contributed by atoms with van der Waals surface area (Å²) in [5.74, 6) is -2.32. The van der Waals surface area contributed by atoms with Crippen molar-refractivity contribution in [3.8, 4) is 0 Å². The Bertz CT molecular complexity index is 1110. The summed E-state index contributed by atoms with van der Waals surface area (Å²) in [6.07, 6.45) is -4.68. The average molecular weight is 767 g/mol. The van der Waals surface area contributed by atoms with E-state index in [4.69, 9.17) is 14.2 Å². The van der Waals surface area contributed by atoms with E-state index in [0.717, 1.165) is 39.0 Å². The predicted molar refractivity (Wildman–Crippen MR) is 184 cm³/mol. The summed E-state index contributed by atoms with van der Waals surface area (Å²) in [6, 6.07) is 0. The SMILES string of the molecule is CCC(C)(C)C(=O)OC(CC(C)(O)C(F)(F)F)C1CCCCC1.CCC(C)(C)C(=O)OCC(=O)OC(C)(C)C.CCC(C)(C)C(=O)OCC(F)(F)F. The van der Waals surface area contributed by atoms with Crippen LogP contribution in [0.4, 0.5) is 26.3 Å². The van der Waals surface area contributed by atoms with Crippen LogP contribution in [0.5, 0.6) is 0 Å². The van der Waals surface area contributed by atoms with E-state index in [-0.39, 0.29) is 18.5 Å². The molecule has 2 unspecified atom stereocenters. The molecule has 1 saturated carbocycles. The fourth-order valence-electron chi connectivity index (χ4n) is 4.08. The number of ether oxygens (including phenoxy) is 4. The van der Waals surface area contributed by atoms with Gasteiger partial charge in [-0.15, -0.1) is 0 Å². The number of aliphatic hydroxyl groups is 1. The quantitative estimate of drug-likeness (QED) is 0.111. The summed E-state index contributed by atoms with van der Waals surface area (Å²) >= 11 is 0. The first-order valence-electron chi connectivity index (χ1n) is 17.8. The largest absolute Gasteiger partial charge is 0.462 e. The van der Waals surface area contributed by atoms with Gasteiger partial charge in [-0.25, -0.2) is 4.79 Å². The Hall–Kier alpha value is -2.58. The zero-order valence-electron chi connectivity index (χ0n) is 33.4. The van der Waals surface area contributed by atoms with Crippen LogP contribution in [0.15, 0.2) is 0 Å². The molecule has 0 amide bonds. The second-order valence-corrected chi connectivity index (χ2v) is 16.4. The molecule has 52 heavy (non-hydrogen) atoms. The average Bonchev–Trinajstić information content (AvgIpc) is 3.01. The molecule has 0 spiro atoms. The Balaban J connectivity index is 0.